The maximum Gasteiger partial charge on any atom is 0.330 e. The van der Waals surface area contributed by atoms with E-state index in [1.807, 2.05) is 31.2 Å². The standard InChI is InChI=1S/C22H25NO5/c1-2-12-27-18-7-3-15(4-8-18)5-10-20(24)23-21(22(25)26)17-6-9-19-16(14-17)11-13-28-19/h3-4,6-9,14,21H,2,5,10-13H2,1H3,(H,23,24)(H,25,26). The lowest BCUT2D eigenvalue weighted by atomic mass is 10.0. The van der Waals surface area contributed by atoms with Crippen LogP contribution in [0.15, 0.2) is 42.5 Å². The molecule has 0 radical (unpaired) electrons. The van der Waals surface area contributed by atoms with Crippen molar-refractivity contribution in [3.63, 3.8) is 0 Å². The molecular formula is C22H25NO5. The van der Waals surface area contributed by atoms with Crippen LogP contribution >= 0.6 is 0 Å². The molecule has 148 valence electrons. The van der Waals surface area contributed by atoms with Gasteiger partial charge >= 0.3 is 5.97 Å². The molecule has 3 rings (SSSR count). The van der Waals surface area contributed by atoms with E-state index >= 15 is 0 Å². The number of aryl methyl sites for hydroxylation is 1. The van der Waals surface area contributed by atoms with E-state index < -0.39 is 12.0 Å². The topological polar surface area (TPSA) is 84.9 Å². The molecule has 1 aliphatic heterocycles. The number of carbonyl (C=O) groups excluding carboxylic acids is 1. The van der Waals surface area contributed by atoms with Gasteiger partial charge in [0.15, 0.2) is 6.04 Å². The number of rotatable bonds is 9. The SMILES string of the molecule is CCCOc1ccc(CCC(=O)NC(C(=O)O)c2ccc3c(c2)CCO3)cc1. The summed E-state index contributed by atoms with van der Waals surface area (Å²) >= 11 is 0. The van der Waals surface area contributed by atoms with E-state index in [0.29, 0.717) is 25.2 Å². The van der Waals surface area contributed by atoms with Crippen molar-refractivity contribution < 1.29 is 24.2 Å². The van der Waals surface area contributed by atoms with Gasteiger partial charge in [0.25, 0.3) is 0 Å². The number of amides is 1. The monoisotopic (exact) mass is 383 g/mol. The molecule has 1 amide bonds. The van der Waals surface area contributed by atoms with Crippen molar-refractivity contribution >= 4 is 11.9 Å². The lowest BCUT2D eigenvalue weighted by Crippen LogP contribution is -2.33. The summed E-state index contributed by atoms with van der Waals surface area (Å²) in [7, 11) is 0. The van der Waals surface area contributed by atoms with E-state index in [1.165, 1.54) is 0 Å². The van der Waals surface area contributed by atoms with Crippen LogP contribution < -0.4 is 14.8 Å². The molecule has 28 heavy (non-hydrogen) atoms. The molecule has 6 heteroatoms. The summed E-state index contributed by atoms with van der Waals surface area (Å²) in [4.78, 5) is 24.0. The zero-order chi connectivity index (χ0) is 19.9. The molecule has 2 aromatic carbocycles. The fourth-order valence-corrected chi connectivity index (χ4v) is 3.14. The molecule has 1 atom stereocenters. The van der Waals surface area contributed by atoms with Crippen LogP contribution in [0.4, 0.5) is 0 Å². The highest BCUT2D eigenvalue weighted by Crippen LogP contribution is 2.28. The fraction of sp³-hybridized carbons (Fsp3) is 0.364. The van der Waals surface area contributed by atoms with Crippen LogP contribution in [0.2, 0.25) is 0 Å². The van der Waals surface area contributed by atoms with Gasteiger partial charge in [-0.15, -0.1) is 0 Å². The third-order valence-electron chi connectivity index (χ3n) is 4.64. The van der Waals surface area contributed by atoms with Crippen LogP contribution in [-0.2, 0) is 22.4 Å². The largest absolute Gasteiger partial charge is 0.494 e. The average Bonchev–Trinajstić information content (AvgIpc) is 3.17. The number of carbonyl (C=O) groups is 2. The van der Waals surface area contributed by atoms with Gasteiger partial charge in [0.2, 0.25) is 5.91 Å². The Bertz CT molecular complexity index is 831. The Kier molecular flexibility index (Phi) is 6.53. The van der Waals surface area contributed by atoms with Crippen molar-refractivity contribution in [3.05, 3.63) is 59.2 Å². The molecule has 0 bridgehead atoms. The summed E-state index contributed by atoms with van der Waals surface area (Å²) < 4.78 is 11.0. The summed E-state index contributed by atoms with van der Waals surface area (Å²) in [5.41, 5.74) is 2.53. The first-order chi connectivity index (χ1) is 13.6. The van der Waals surface area contributed by atoms with Crippen molar-refractivity contribution in [3.8, 4) is 11.5 Å². The molecule has 0 fully saturated rings. The van der Waals surface area contributed by atoms with Crippen LogP contribution in [-0.4, -0.2) is 30.2 Å². The van der Waals surface area contributed by atoms with Gasteiger partial charge in [0, 0.05) is 12.8 Å². The average molecular weight is 383 g/mol. The van der Waals surface area contributed by atoms with Crippen LogP contribution in [0.5, 0.6) is 11.5 Å². The molecule has 0 aliphatic carbocycles. The predicted octanol–water partition coefficient (Wildman–Crippen LogP) is 3.29. The number of hydrogen-bond donors (Lipinski definition) is 2. The van der Waals surface area contributed by atoms with E-state index in [1.54, 1.807) is 18.2 Å². The van der Waals surface area contributed by atoms with E-state index in [2.05, 4.69) is 5.32 Å². The molecule has 1 heterocycles. The Morgan fingerprint density at radius 1 is 1.21 bits per heavy atom. The number of carboxylic acids is 1. The van der Waals surface area contributed by atoms with Crippen molar-refractivity contribution in [2.75, 3.05) is 13.2 Å². The second kappa shape index (κ2) is 9.26. The first-order valence-corrected chi connectivity index (χ1v) is 9.56. The van der Waals surface area contributed by atoms with Crippen molar-refractivity contribution in [2.45, 2.75) is 38.6 Å². The third-order valence-corrected chi connectivity index (χ3v) is 4.64. The number of benzene rings is 2. The fourth-order valence-electron chi connectivity index (χ4n) is 3.14. The van der Waals surface area contributed by atoms with Crippen LogP contribution in [0.3, 0.4) is 0 Å². The highest BCUT2D eigenvalue weighted by atomic mass is 16.5. The maximum absolute atomic E-state index is 12.3. The van der Waals surface area contributed by atoms with Crippen molar-refractivity contribution in [1.29, 1.82) is 0 Å². The van der Waals surface area contributed by atoms with Gasteiger partial charge in [-0.25, -0.2) is 4.79 Å². The second-order valence-corrected chi connectivity index (χ2v) is 6.80. The van der Waals surface area contributed by atoms with E-state index in [9.17, 15) is 14.7 Å². The Morgan fingerprint density at radius 3 is 2.71 bits per heavy atom. The second-order valence-electron chi connectivity index (χ2n) is 6.80. The van der Waals surface area contributed by atoms with Gasteiger partial charge in [-0.05, 0) is 53.8 Å². The van der Waals surface area contributed by atoms with Crippen LogP contribution in [0.25, 0.3) is 0 Å². The maximum atomic E-state index is 12.3. The lowest BCUT2D eigenvalue weighted by molar-refractivity contribution is -0.142. The Labute approximate surface area is 164 Å². The molecule has 2 N–H and O–H groups in total. The number of fused-ring (bicyclic) bond motifs is 1. The zero-order valence-electron chi connectivity index (χ0n) is 15.9. The van der Waals surface area contributed by atoms with Gasteiger partial charge in [0.1, 0.15) is 11.5 Å². The minimum absolute atomic E-state index is 0.215. The molecule has 0 spiro atoms. The smallest absolute Gasteiger partial charge is 0.330 e. The Hall–Kier alpha value is -3.02. The summed E-state index contributed by atoms with van der Waals surface area (Å²) in [6.07, 6.45) is 2.45. The molecule has 1 aliphatic rings. The first kappa shape index (κ1) is 19.7. The lowest BCUT2D eigenvalue weighted by Gasteiger charge is -2.16. The number of carboxylic acid groups (broad SMARTS) is 1. The summed E-state index contributed by atoms with van der Waals surface area (Å²) in [6.45, 7) is 3.33. The van der Waals surface area contributed by atoms with Crippen molar-refractivity contribution in [2.24, 2.45) is 0 Å². The minimum Gasteiger partial charge on any atom is -0.494 e. The highest BCUT2D eigenvalue weighted by molar-refractivity contribution is 5.84. The first-order valence-electron chi connectivity index (χ1n) is 9.56. The molecule has 1 unspecified atom stereocenters. The number of aliphatic carboxylic acids is 1. The van der Waals surface area contributed by atoms with E-state index in [0.717, 1.165) is 35.5 Å². The predicted molar refractivity (Wildman–Crippen MR) is 105 cm³/mol. The molecule has 2 aromatic rings. The summed E-state index contributed by atoms with van der Waals surface area (Å²) in [5.74, 6) is 0.215. The highest BCUT2D eigenvalue weighted by Gasteiger charge is 2.24. The summed E-state index contributed by atoms with van der Waals surface area (Å²) in [5, 5.41) is 12.2. The third kappa shape index (κ3) is 5.03. The van der Waals surface area contributed by atoms with Gasteiger partial charge in [-0.3, -0.25) is 4.79 Å². The molecule has 6 nitrogen and oxygen atoms in total. The number of nitrogens with one attached hydrogen (secondary N) is 1. The van der Waals surface area contributed by atoms with E-state index in [4.69, 9.17) is 9.47 Å². The van der Waals surface area contributed by atoms with Gasteiger partial charge in [-0.1, -0.05) is 25.1 Å². The Balaban J connectivity index is 1.56. The van der Waals surface area contributed by atoms with Gasteiger partial charge < -0.3 is 19.9 Å². The summed E-state index contributed by atoms with van der Waals surface area (Å²) in [6, 6.07) is 11.8. The normalized spacial score (nSPS) is 13.3. The molecule has 0 aromatic heterocycles. The van der Waals surface area contributed by atoms with Crippen LogP contribution in [0.1, 0.15) is 42.5 Å². The van der Waals surface area contributed by atoms with Gasteiger partial charge in [0.05, 0.1) is 13.2 Å². The molecule has 0 saturated carbocycles. The van der Waals surface area contributed by atoms with Crippen molar-refractivity contribution in [1.82, 2.24) is 5.32 Å². The number of ether oxygens (including phenoxy) is 2. The molecule has 0 saturated heterocycles. The van der Waals surface area contributed by atoms with Crippen LogP contribution in [0, 0.1) is 0 Å². The minimum atomic E-state index is -1.08. The quantitative estimate of drug-likeness (QED) is 0.694. The Morgan fingerprint density at radius 2 is 2.00 bits per heavy atom. The molecular weight excluding hydrogens is 358 g/mol. The van der Waals surface area contributed by atoms with Gasteiger partial charge in [-0.2, -0.15) is 0 Å². The van der Waals surface area contributed by atoms with E-state index in [-0.39, 0.29) is 12.3 Å². The number of hydrogen-bond acceptors (Lipinski definition) is 4. The zero-order valence-corrected chi connectivity index (χ0v) is 15.9.